The number of anilines is 1. The first kappa shape index (κ1) is 17.7. The standard InChI is InChI=1S/C14H17N3O4S/c1-14(2,3)17-13(18)10(8-15)9-16-11-5-4-6-12(7-11)22(19,20)21/h4-7,9,16H,1-3H3,(H,17,18)(H,19,20,21)/b10-9-. The molecule has 0 aliphatic rings. The van der Waals surface area contributed by atoms with Crippen LogP contribution in [0, 0.1) is 11.3 Å². The third-order valence-electron chi connectivity index (χ3n) is 2.37. The van der Waals surface area contributed by atoms with Crippen molar-refractivity contribution < 1.29 is 17.8 Å². The predicted octanol–water partition coefficient (Wildman–Crippen LogP) is 1.67. The average Bonchev–Trinajstić information content (AvgIpc) is 2.36. The second-order valence-corrected chi connectivity index (χ2v) is 6.94. The molecule has 22 heavy (non-hydrogen) atoms. The van der Waals surface area contributed by atoms with Crippen molar-refractivity contribution in [3.05, 3.63) is 36.0 Å². The van der Waals surface area contributed by atoms with Gasteiger partial charge in [-0.3, -0.25) is 9.35 Å². The van der Waals surface area contributed by atoms with Crippen LogP contribution in [0.15, 0.2) is 40.9 Å². The molecule has 0 aliphatic heterocycles. The molecule has 8 heteroatoms. The lowest BCUT2D eigenvalue weighted by Crippen LogP contribution is -2.41. The van der Waals surface area contributed by atoms with Crippen molar-refractivity contribution in [3.63, 3.8) is 0 Å². The lowest BCUT2D eigenvalue weighted by atomic mass is 10.1. The van der Waals surface area contributed by atoms with E-state index in [1.807, 2.05) is 0 Å². The SMILES string of the molecule is CC(C)(C)NC(=O)/C(C#N)=C\Nc1cccc(S(=O)(=O)O)c1. The van der Waals surface area contributed by atoms with Crippen molar-refractivity contribution in [1.82, 2.24) is 5.32 Å². The number of nitrogens with zero attached hydrogens (tertiary/aromatic N) is 1. The van der Waals surface area contributed by atoms with Crippen LogP contribution in [0.2, 0.25) is 0 Å². The Morgan fingerprint density at radius 1 is 1.36 bits per heavy atom. The maximum absolute atomic E-state index is 11.9. The topological polar surface area (TPSA) is 119 Å². The zero-order chi connectivity index (χ0) is 17.0. The van der Waals surface area contributed by atoms with Crippen LogP contribution in [-0.4, -0.2) is 24.4 Å². The van der Waals surface area contributed by atoms with Crippen LogP contribution in [0.4, 0.5) is 5.69 Å². The summed E-state index contributed by atoms with van der Waals surface area (Å²) in [7, 11) is -4.31. The highest BCUT2D eigenvalue weighted by atomic mass is 32.2. The molecule has 1 amide bonds. The normalized spacial score (nSPS) is 12.4. The lowest BCUT2D eigenvalue weighted by molar-refractivity contribution is -0.118. The van der Waals surface area contributed by atoms with Gasteiger partial charge in [0.2, 0.25) is 0 Å². The summed E-state index contributed by atoms with van der Waals surface area (Å²) in [6, 6.07) is 7.11. The van der Waals surface area contributed by atoms with Gasteiger partial charge in [0, 0.05) is 17.4 Å². The van der Waals surface area contributed by atoms with Gasteiger partial charge in [-0.05, 0) is 39.0 Å². The molecule has 0 heterocycles. The smallest absolute Gasteiger partial charge is 0.294 e. The van der Waals surface area contributed by atoms with Crippen LogP contribution in [-0.2, 0) is 14.9 Å². The monoisotopic (exact) mass is 323 g/mol. The minimum Gasteiger partial charge on any atom is -0.360 e. The molecule has 0 saturated heterocycles. The fraction of sp³-hybridized carbons (Fsp3) is 0.286. The largest absolute Gasteiger partial charge is 0.360 e. The van der Waals surface area contributed by atoms with Crippen LogP contribution < -0.4 is 10.6 Å². The van der Waals surface area contributed by atoms with Gasteiger partial charge in [-0.25, -0.2) is 0 Å². The summed E-state index contributed by atoms with van der Waals surface area (Å²) in [5.74, 6) is -0.548. The second-order valence-electron chi connectivity index (χ2n) is 5.52. The number of rotatable bonds is 4. The van der Waals surface area contributed by atoms with E-state index in [0.29, 0.717) is 5.69 Å². The van der Waals surface area contributed by atoms with Crippen molar-refractivity contribution >= 4 is 21.7 Å². The minimum absolute atomic E-state index is 0.160. The predicted molar refractivity (Wildman–Crippen MR) is 81.5 cm³/mol. The molecule has 0 saturated carbocycles. The molecular formula is C14H17N3O4S. The molecule has 118 valence electrons. The van der Waals surface area contributed by atoms with Gasteiger partial charge in [-0.1, -0.05) is 6.07 Å². The van der Waals surface area contributed by atoms with Gasteiger partial charge in [0.25, 0.3) is 16.0 Å². The first-order chi connectivity index (χ1) is 10.0. The molecule has 0 bridgehead atoms. The quantitative estimate of drug-likeness (QED) is 0.440. The van der Waals surface area contributed by atoms with E-state index in [4.69, 9.17) is 9.81 Å². The van der Waals surface area contributed by atoms with E-state index >= 15 is 0 Å². The zero-order valence-electron chi connectivity index (χ0n) is 12.4. The minimum atomic E-state index is -4.31. The van der Waals surface area contributed by atoms with Crippen LogP contribution in [0.25, 0.3) is 0 Å². The van der Waals surface area contributed by atoms with Crippen molar-refractivity contribution in [3.8, 4) is 6.07 Å². The molecule has 0 aliphatic carbocycles. The van der Waals surface area contributed by atoms with E-state index in [1.165, 1.54) is 30.5 Å². The van der Waals surface area contributed by atoms with Gasteiger partial charge in [0.05, 0.1) is 4.90 Å². The van der Waals surface area contributed by atoms with Gasteiger partial charge < -0.3 is 10.6 Å². The highest BCUT2D eigenvalue weighted by Crippen LogP contribution is 2.15. The van der Waals surface area contributed by atoms with Crippen LogP contribution in [0.5, 0.6) is 0 Å². The zero-order valence-corrected chi connectivity index (χ0v) is 13.2. The third-order valence-corrected chi connectivity index (χ3v) is 3.22. The fourth-order valence-corrected chi connectivity index (χ4v) is 1.98. The molecule has 0 aromatic heterocycles. The fourth-order valence-electron chi connectivity index (χ4n) is 1.46. The third kappa shape index (κ3) is 5.55. The second kappa shape index (κ2) is 6.60. The first-order valence-electron chi connectivity index (χ1n) is 6.30. The van der Waals surface area contributed by atoms with Gasteiger partial charge in [0.15, 0.2) is 0 Å². The number of nitrogens with one attached hydrogen (secondary N) is 2. The first-order valence-corrected chi connectivity index (χ1v) is 7.74. The Bertz CT molecular complexity index is 740. The van der Waals surface area contributed by atoms with E-state index < -0.39 is 21.6 Å². The summed E-state index contributed by atoms with van der Waals surface area (Å²) in [6.07, 6.45) is 1.17. The van der Waals surface area contributed by atoms with Gasteiger partial charge in [0.1, 0.15) is 11.6 Å². The Morgan fingerprint density at radius 3 is 2.50 bits per heavy atom. The Labute approximate surface area is 129 Å². The van der Waals surface area contributed by atoms with Gasteiger partial charge in [-0.15, -0.1) is 0 Å². The molecule has 0 atom stereocenters. The Balaban J connectivity index is 2.95. The Morgan fingerprint density at radius 2 is 2.00 bits per heavy atom. The van der Waals surface area contributed by atoms with E-state index in [0.717, 1.165) is 0 Å². The van der Waals surface area contributed by atoms with E-state index in [9.17, 15) is 13.2 Å². The molecule has 0 radical (unpaired) electrons. The molecule has 0 spiro atoms. The average molecular weight is 323 g/mol. The number of amides is 1. The van der Waals surface area contributed by atoms with Gasteiger partial charge in [-0.2, -0.15) is 13.7 Å². The summed E-state index contributed by atoms with van der Waals surface area (Å²) >= 11 is 0. The number of hydrogen-bond acceptors (Lipinski definition) is 5. The van der Waals surface area contributed by atoms with Crippen molar-refractivity contribution in [2.75, 3.05) is 5.32 Å². The van der Waals surface area contributed by atoms with Crippen LogP contribution in [0.1, 0.15) is 20.8 Å². The Kier molecular flexibility index (Phi) is 5.30. The van der Waals surface area contributed by atoms with Crippen LogP contribution >= 0.6 is 0 Å². The summed E-state index contributed by atoms with van der Waals surface area (Å²) in [5.41, 5.74) is -0.337. The summed E-state index contributed by atoms with van der Waals surface area (Å²) < 4.78 is 31.0. The number of carbonyl (C=O) groups is 1. The summed E-state index contributed by atoms with van der Waals surface area (Å²) in [6.45, 7) is 5.34. The lowest BCUT2D eigenvalue weighted by Gasteiger charge is -2.20. The summed E-state index contributed by atoms with van der Waals surface area (Å²) in [4.78, 5) is 11.6. The van der Waals surface area contributed by atoms with E-state index in [-0.39, 0.29) is 10.5 Å². The molecule has 3 N–H and O–H groups in total. The molecule has 7 nitrogen and oxygen atoms in total. The maximum Gasteiger partial charge on any atom is 0.294 e. The molecule has 1 aromatic carbocycles. The number of hydrogen-bond donors (Lipinski definition) is 3. The van der Waals surface area contributed by atoms with Crippen molar-refractivity contribution in [2.24, 2.45) is 0 Å². The van der Waals surface area contributed by atoms with Crippen molar-refractivity contribution in [2.45, 2.75) is 31.2 Å². The van der Waals surface area contributed by atoms with Crippen molar-refractivity contribution in [1.29, 1.82) is 5.26 Å². The van der Waals surface area contributed by atoms with E-state index in [2.05, 4.69) is 10.6 Å². The molecule has 1 rings (SSSR count). The highest BCUT2D eigenvalue weighted by molar-refractivity contribution is 7.85. The van der Waals surface area contributed by atoms with Crippen LogP contribution in [0.3, 0.4) is 0 Å². The molecule has 0 fully saturated rings. The number of benzene rings is 1. The molecule has 1 aromatic rings. The number of nitriles is 1. The van der Waals surface area contributed by atoms with Gasteiger partial charge >= 0.3 is 0 Å². The molecular weight excluding hydrogens is 306 g/mol. The maximum atomic E-state index is 11.9. The Hall–Kier alpha value is -2.37. The van der Waals surface area contributed by atoms with E-state index in [1.54, 1.807) is 26.8 Å². The summed E-state index contributed by atoms with van der Waals surface area (Å²) in [5, 5.41) is 14.3. The highest BCUT2D eigenvalue weighted by Gasteiger charge is 2.17. The molecule has 0 unspecified atom stereocenters. The number of carbonyl (C=O) groups excluding carboxylic acids is 1.